The number of thiazole rings is 1. The lowest BCUT2D eigenvalue weighted by Gasteiger charge is -2.17. The standard InChI is InChI=1S/C29H22N4O3S3/c1-16-12-13-22(18(3)14-16)32-24-23(39-29(32)37)27(36)33(21-11-7-4-8-17(21)2)28(30-24)38-15-31-25(34)19-9-5-6-10-20(19)26(31)35/h4-14H,15H2,1-3H3. The van der Waals surface area contributed by atoms with Gasteiger partial charge in [0.1, 0.15) is 4.70 Å². The molecule has 0 saturated carbocycles. The van der Waals surface area contributed by atoms with Crippen molar-refractivity contribution in [2.45, 2.75) is 25.9 Å². The summed E-state index contributed by atoms with van der Waals surface area (Å²) in [6, 6.07) is 20.4. The molecule has 39 heavy (non-hydrogen) atoms. The molecule has 0 aliphatic carbocycles. The number of imide groups is 1. The lowest BCUT2D eigenvalue weighted by atomic mass is 10.1. The molecule has 5 aromatic rings. The summed E-state index contributed by atoms with van der Waals surface area (Å²) < 4.78 is 4.34. The van der Waals surface area contributed by atoms with Crippen molar-refractivity contribution in [3.63, 3.8) is 0 Å². The smallest absolute Gasteiger partial charge is 0.275 e. The molecule has 0 spiro atoms. The van der Waals surface area contributed by atoms with Crippen LogP contribution in [0.5, 0.6) is 0 Å². The first kappa shape index (κ1) is 25.4. The third kappa shape index (κ3) is 4.15. The zero-order chi connectivity index (χ0) is 27.4. The van der Waals surface area contributed by atoms with Crippen LogP contribution in [0, 0.1) is 24.7 Å². The van der Waals surface area contributed by atoms with E-state index in [1.807, 2.05) is 61.7 Å². The third-order valence-corrected chi connectivity index (χ3v) is 9.00. The molecule has 0 N–H and O–H groups in total. The highest BCUT2D eigenvalue weighted by molar-refractivity contribution is 7.99. The summed E-state index contributed by atoms with van der Waals surface area (Å²) in [6.07, 6.45) is 0. The molecule has 6 rings (SSSR count). The van der Waals surface area contributed by atoms with Gasteiger partial charge in [-0.25, -0.2) is 4.98 Å². The number of hydrogen-bond acceptors (Lipinski definition) is 7. The Morgan fingerprint density at radius 2 is 1.46 bits per heavy atom. The second-order valence-corrected chi connectivity index (χ2v) is 11.9. The lowest BCUT2D eigenvalue weighted by Crippen LogP contribution is -2.30. The Kier molecular flexibility index (Phi) is 6.33. The minimum Gasteiger partial charge on any atom is -0.275 e. The van der Waals surface area contributed by atoms with Gasteiger partial charge in [-0.1, -0.05) is 71.1 Å². The average Bonchev–Trinajstić information content (AvgIpc) is 3.37. The molecule has 3 aromatic carbocycles. The fourth-order valence-electron chi connectivity index (χ4n) is 4.81. The van der Waals surface area contributed by atoms with E-state index in [9.17, 15) is 14.4 Å². The number of hydrogen-bond donors (Lipinski definition) is 0. The lowest BCUT2D eigenvalue weighted by molar-refractivity contribution is 0.0684. The van der Waals surface area contributed by atoms with Gasteiger partial charge in [-0.3, -0.25) is 28.4 Å². The number of rotatable bonds is 5. The molecule has 0 saturated heterocycles. The number of aryl methyl sites for hydroxylation is 3. The first-order chi connectivity index (χ1) is 18.8. The van der Waals surface area contributed by atoms with Crippen LogP contribution in [0.15, 0.2) is 76.7 Å². The number of benzene rings is 3. The summed E-state index contributed by atoms with van der Waals surface area (Å²) in [6.45, 7) is 5.95. The molecule has 0 atom stereocenters. The fraction of sp³-hybridized carbons (Fsp3) is 0.138. The Balaban J connectivity index is 1.53. The second-order valence-electron chi connectivity index (χ2n) is 9.32. The van der Waals surface area contributed by atoms with Crippen LogP contribution in [0.4, 0.5) is 0 Å². The molecule has 10 heteroatoms. The van der Waals surface area contributed by atoms with Crippen molar-refractivity contribution in [2.75, 3.05) is 5.88 Å². The Hall–Kier alpha value is -3.86. The molecule has 2 aromatic heterocycles. The van der Waals surface area contributed by atoms with E-state index in [0.29, 0.717) is 36.3 Å². The number of carbonyl (C=O) groups is 2. The second kappa shape index (κ2) is 9.71. The summed E-state index contributed by atoms with van der Waals surface area (Å²) in [5.41, 5.74) is 5.52. The van der Waals surface area contributed by atoms with Crippen LogP contribution in [0.3, 0.4) is 0 Å². The molecule has 1 aliphatic rings. The van der Waals surface area contributed by atoms with E-state index in [0.717, 1.165) is 22.4 Å². The maximum absolute atomic E-state index is 14.1. The summed E-state index contributed by atoms with van der Waals surface area (Å²) >= 11 is 8.12. The summed E-state index contributed by atoms with van der Waals surface area (Å²) in [5, 5.41) is 0.365. The number of thioether (sulfide) groups is 1. The molecule has 0 bridgehead atoms. The van der Waals surface area contributed by atoms with Crippen molar-refractivity contribution in [1.82, 2.24) is 19.0 Å². The minimum absolute atomic E-state index is 0.00457. The van der Waals surface area contributed by atoms with Crippen molar-refractivity contribution in [3.8, 4) is 11.4 Å². The van der Waals surface area contributed by atoms with Gasteiger partial charge in [-0.2, -0.15) is 0 Å². The van der Waals surface area contributed by atoms with Gasteiger partial charge in [0.15, 0.2) is 14.8 Å². The summed E-state index contributed by atoms with van der Waals surface area (Å²) in [7, 11) is 0. The SMILES string of the molecule is Cc1ccc(-n2c(=S)sc3c(=O)n(-c4ccccc4C)c(SCN4C(=O)c5ccccc5C4=O)nc32)c(C)c1. The molecule has 3 heterocycles. The molecule has 0 radical (unpaired) electrons. The highest BCUT2D eigenvalue weighted by atomic mass is 32.2. The normalized spacial score (nSPS) is 12.9. The van der Waals surface area contributed by atoms with Crippen LogP contribution < -0.4 is 5.56 Å². The van der Waals surface area contributed by atoms with Gasteiger partial charge in [0, 0.05) is 0 Å². The number of fused-ring (bicyclic) bond motifs is 2. The first-order valence-electron chi connectivity index (χ1n) is 12.2. The average molecular weight is 571 g/mol. The van der Waals surface area contributed by atoms with Gasteiger partial charge in [0.2, 0.25) is 0 Å². The van der Waals surface area contributed by atoms with Crippen molar-refractivity contribution in [1.29, 1.82) is 0 Å². The molecular weight excluding hydrogens is 549 g/mol. The quantitative estimate of drug-likeness (QED) is 0.108. The van der Waals surface area contributed by atoms with Gasteiger partial charge in [0.25, 0.3) is 17.4 Å². The Morgan fingerprint density at radius 3 is 2.13 bits per heavy atom. The highest BCUT2D eigenvalue weighted by Crippen LogP contribution is 2.31. The van der Waals surface area contributed by atoms with Gasteiger partial charge >= 0.3 is 0 Å². The van der Waals surface area contributed by atoms with Gasteiger partial charge in [0.05, 0.1) is 28.4 Å². The zero-order valence-corrected chi connectivity index (χ0v) is 23.7. The van der Waals surface area contributed by atoms with Gasteiger partial charge in [-0.05, 0) is 68.4 Å². The van der Waals surface area contributed by atoms with Gasteiger partial charge in [-0.15, -0.1) is 0 Å². The monoisotopic (exact) mass is 570 g/mol. The highest BCUT2D eigenvalue weighted by Gasteiger charge is 2.35. The summed E-state index contributed by atoms with van der Waals surface area (Å²) in [4.78, 5) is 46.2. The Labute approximate surface area is 237 Å². The van der Waals surface area contributed by atoms with E-state index >= 15 is 0 Å². The Morgan fingerprint density at radius 1 is 0.821 bits per heavy atom. The molecule has 0 unspecified atom stereocenters. The first-order valence-corrected chi connectivity index (χ1v) is 14.4. The fourth-order valence-corrected chi connectivity index (χ4v) is 7.04. The maximum Gasteiger partial charge on any atom is 0.278 e. The van der Waals surface area contributed by atoms with E-state index in [2.05, 4.69) is 6.07 Å². The molecule has 2 amide bonds. The van der Waals surface area contributed by atoms with Crippen LogP contribution in [0.1, 0.15) is 37.4 Å². The predicted molar refractivity (Wildman–Crippen MR) is 157 cm³/mol. The van der Waals surface area contributed by atoms with Crippen LogP contribution in [0.25, 0.3) is 21.7 Å². The van der Waals surface area contributed by atoms with E-state index in [1.165, 1.54) is 28.0 Å². The molecule has 1 aliphatic heterocycles. The van der Waals surface area contributed by atoms with Crippen molar-refractivity contribution in [3.05, 3.63) is 109 Å². The maximum atomic E-state index is 14.1. The molecule has 0 fully saturated rings. The van der Waals surface area contributed by atoms with Crippen LogP contribution in [0.2, 0.25) is 0 Å². The number of nitrogens with zero attached hydrogens (tertiary/aromatic N) is 4. The minimum atomic E-state index is -0.359. The van der Waals surface area contributed by atoms with Crippen LogP contribution in [-0.2, 0) is 0 Å². The Bertz CT molecular complexity index is 1920. The van der Waals surface area contributed by atoms with Gasteiger partial charge < -0.3 is 0 Å². The van der Waals surface area contributed by atoms with Crippen molar-refractivity contribution >= 4 is 57.5 Å². The number of amides is 2. The third-order valence-electron chi connectivity index (χ3n) is 6.73. The van der Waals surface area contributed by atoms with Crippen LogP contribution >= 0.6 is 35.3 Å². The number of para-hydroxylation sites is 1. The number of aromatic nitrogens is 3. The van der Waals surface area contributed by atoms with Crippen LogP contribution in [-0.4, -0.2) is 36.7 Å². The zero-order valence-electron chi connectivity index (χ0n) is 21.3. The molecular formula is C29H22N4O3S3. The van der Waals surface area contributed by atoms with Crippen molar-refractivity contribution < 1.29 is 9.59 Å². The topological polar surface area (TPSA) is 77.2 Å². The van der Waals surface area contributed by atoms with E-state index < -0.39 is 0 Å². The van der Waals surface area contributed by atoms with E-state index in [-0.39, 0.29) is 23.3 Å². The largest absolute Gasteiger partial charge is 0.278 e. The number of carbonyl (C=O) groups excluding carboxylic acids is 2. The van der Waals surface area contributed by atoms with Crippen molar-refractivity contribution in [2.24, 2.45) is 0 Å². The molecule has 7 nitrogen and oxygen atoms in total. The van der Waals surface area contributed by atoms with E-state index in [1.54, 1.807) is 28.8 Å². The van der Waals surface area contributed by atoms with E-state index in [4.69, 9.17) is 17.2 Å². The predicted octanol–water partition coefficient (Wildman–Crippen LogP) is 6.24. The molecule has 194 valence electrons. The summed E-state index contributed by atoms with van der Waals surface area (Å²) in [5.74, 6) is -0.713.